The van der Waals surface area contributed by atoms with Gasteiger partial charge in [0.2, 0.25) is 0 Å². The third kappa shape index (κ3) is 1.20. The highest BCUT2D eigenvalue weighted by Gasteiger charge is 2.43. The molecule has 0 aliphatic heterocycles. The van der Waals surface area contributed by atoms with Crippen LogP contribution in [0.2, 0.25) is 0 Å². The number of rotatable bonds is 0. The van der Waals surface area contributed by atoms with Crippen molar-refractivity contribution in [2.45, 2.75) is 12.6 Å². The number of allylic oxidation sites excluding steroid dienone is 2. The second kappa shape index (κ2) is 2.11. The summed E-state index contributed by atoms with van der Waals surface area (Å²) in [5.41, 5.74) is 0. The first-order valence-electron chi connectivity index (χ1n) is 2.78. The van der Waals surface area contributed by atoms with E-state index in [0.717, 1.165) is 6.08 Å². The van der Waals surface area contributed by atoms with Crippen LogP contribution in [-0.4, -0.2) is 12.0 Å². The molecule has 10 heavy (non-hydrogen) atoms. The van der Waals surface area contributed by atoms with Crippen LogP contribution in [0.15, 0.2) is 12.2 Å². The Kier molecular flexibility index (Phi) is 1.54. The molecule has 0 bridgehead atoms. The summed E-state index contributed by atoms with van der Waals surface area (Å²) in [7, 11) is 0. The molecule has 56 valence electrons. The number of carbonyl (C=O) groups excluding carboxylic acids is 1. The average Bonchev–Trinajstić information content (AvgIpc) is 2.11. The maximum absolute atomic E-state index is 11.7. The van der Waals surface area contributed by atoms with Crippen LogP contribution in [0.1, 0.15) is 6.42 Å². The van der Waals surface area contributed by atoms with E-state index in [1.807, 2.05) is 0 Å². The lowest BCUT2D eigenvalue weighted by Crippen LogP contribution is -2.25. The zero-order valence-corrected chi connectivity index (χ0v) is 4.98. The summed E-state index contributed by atoms with van der Waals surface area (Å²) in [6.45, 7) is 0. The first kappa shape index (κ1) is 7.31. The van der Waals surface area contributed by atoms with Gasteiger partial charge in [-0.25, -0.2) is 0 Å². The van der Waals surface area contributed by atoms with Gasteiger partial charge in [0, 0.05) is 6.42 Å². The highest BCUT2D eigenvalue weighted by atomic mass is 19.4. The zero-order valence-electron chi connectivity index (χ0n) is 4.98. The molecule has 0 aromatic heterocycles. The van der Waals surface area contributed by atoms with Gasteiger partial charge >= 0.3 is 6.18 Å². The Labute approximate surface area is 55.5 Å². The van der Waals surface area contributed by atoms with E-state index in [1.54, 1.807) is 0 Å². The Hall–Kier alpha value is -0.800. The summed E-state index contributed by atoms with van der Waals surface area (Å²) in [5, 5.41) is 0. The van der Waals surface area contributed by atoms with Gasteiger partial charge in [-0.1, -0.05) is 12.2 Å². The van der Waals surface area contributed by atoms with Gasteiger partial charge in [0.15, 0.2) is 5.78 Å². The number of hydrogen-bond donors (Lipinski definition) is 0. The van der Waals surface area contributed by atoms with E-state index in [9.17, 15) is 18.0 Å². The molecule has 1 aliphatic carbocycles. The fourth-order valence-corrected chi connectivity index (χ4v) is 0.846. The third-order valence-electron chi connectivity index (χ3n) is 1.35. The maximum Gasteiger partial charge on any atom is 0.401 e. The molecule has 1 unspecified atom stereocenters. The molecule has 0 heterocycles. The first-order chi connectivity index (χ1) is 4.52. The number of alkyl halides is 3. The van der Waals surface area contributed by atoms with Crippen molar-refractivity contribution in [2.24, 2.45) is 5.92 Å². The quantitative estimate of drug-likeness (QED) is 0.480. The standard InChI is InChI=1S/C6H5F3O/c7-6(8,9)4-2-1-3-5(4)10/h1-2,4H,3H2. The molecule has 0 saturated heterocycles. The smallest absolute Gasteiger partial charge is 0.298 e. The molecule has 0 aromatic carbocycles. The van der Waals surface area contributed by atoms with Crippen LogP contribution in [0.3, 0.4) is 0 Å². The van der Waals surface area contributed by atoms with Crippen molar-refractivity contribution >= 4 is 5.78 Å². The number of Topliss-reactive ketones (excluding diaryl/α,β-unsaturated/α-hetero) is 1. The normalized spacial score (nSPS) is 25.9. The van der Waals surface area contributed by atoms with Crippen LogP contribution in [-0.2, 0) is 4.79 Å². The Bertz CT molecular complexity index is 180. The predicted octanol–water partition coefficient (Wildman–Crippen LogP) is 1.69. The third-order valence-corrected chi connectivity index (χ3v) is 1.35. The monoisotopic (exact) mass is 150 g/mol. The Morgan fingerprint density at radius 3 is 2.30 bits per heavy atom. The number of halogens is 3. The lowest BCUT2D eigenvalue weighted by Gasteiger charge is -2.09. The summed E-state index contributed by atoms with van der Waals surface area (Å²) >= 11 is 0. The molecular weight excluding hydrogens is 145 g/mol. The topological polar surface area (TPSA) is 17.1 Å². The largest absolute Gasteiger partial charge is 0.401 e. The molecule has 1 aliphatic rings. The highest BCUT2D eigenvalue weighted by Crippen LogP contribution is 2.31. The Balaban J connectivity index is 2.73. The van der Waals surface area contributed by atoms with Gasteiger partial charge in [-0.2, -0.15) is 13.2 Å². The summed E-state index contributed by atoms with van der Waals surface area (Å²) in [6, 6.07) is 0. The van der Waals surface area contributed by atoms with Crippen LogP contribution >= 0.6 is 0 Å². The fourth-order valence-electron chi connectivity index (χ4n) is 0.846. The summed E-state index contributed by atoms with van der Waals surface area (Å²) in [5.74, 6) is -2.60. The van der Waals surface area contributed by atoms with Gasteiger partial charge in [-0.05, 0) is 0 Å². The molecule has 1 nitrogen and oxygen atoms in total. The molecule has 0 aromatic rings. The molecule has 0 radical (unpaired) electrons. The lowest BCUT2D eigenvalue weighted by atomic mass is 10.1. The summed E-state index contributed by atoms with van der Waals surface area (Å²) in [6.07, 6.45) is -2.31. The van der Waals surface area contributed by atoms with E-state index >= 15 is 0 Å². The fraction of sp³-hybridized carbons (Fsp3) is 0.500. The zero-order chi connectivity index (χ0) is 7.78. The van der Waals surface area contributed by atoms with Crippen LogP contribution in [0, 0.1) is 5.92 Å². The first-order valence-corrected chi connectivity index (χ1v) is 2.78. The van der Waals surface area contributed by atoms with Gasteiger partial charge in [-0.3, -0.25) is 4.79 Å². The van der Waals surface area contributed by atoms with E-state index in [2.05, 4.69) is 0 Å². The van der Waals surface area contributed by atoms with Gasteiger partial charge in [0.05, 0.1) is 0 Å². The van der Waals surface area contributed by atoms with Crippen LogP contribution < -0.4 is 0 Å². The van der Waals surface area contributed by atoms with Crippen molar-refractivity contribution in [1.82, 2.24) is 0 Å². The molecule has 4 heteroatoms. The Morgan fingerprint density at radius 1 is 1.50 bits per heavy atom. The van der Waals surface area contributed by atoms with Crippen molar-refractivity contribution in [1.29, 1.82) is 0 Å². The van der Waals surface area contributed by atoms with Crippen molar-refractivity contribution in [3.8, 4) is 0 Å². The van der Waals surface area contributed by atoms with Gasteiger partial charge in [0.25, 0.3) is 0 Å². The molecule has 0 amide bonds. The number of carbonyl (C=O) groups is 1. The minimum Gasteiger partial charge on any atom is -0.298 e. The van der Waals surface area contributed by atoms with Crippen molar-refractivity contribution in [3.05, 3.63) is 12.2 Å². The highest BCUT2D eigenvalue weighted by molar-refractivity contribution is 5.87. The van der Waals surface area contributed by atoms with Crippen molar-refractivity contribution in [2.75, 3.05) is 0 Å². The number of ketones is 1. The van der Waals surface area contributed by atoms with E-state index < -0.39 is 17.9 Å². The average molecular weight is 150 g/mol. The second-order valence-corrected chi connectivity index (χ2v) is 2.12. The summed E-state index contributed by atoms with van der Waals surface area (Å²) in [4.78, 5) is 10.4. The minimum atomic E-state index is -4.38. The predicted molar refractivity (Wildman–Crippen MR) is 28.3 cm³/mol. The second-order valence-electron chi connectivity index (χ2n) is 2.12. The summed E-state index contributed by atoms with van der Waals surface area (Å²) < 4.78 is 35.2. The molecular formula is C6H5F3O. The van der Waals surface area contributed by atoms with Gasteiger partial charge < -0.3 is 0 Å². The SMILES string of the molecule is O=C1CC=CC1C(F)(F)F. The Morgan fingerprint density at radius 2 is 2.10 bits per heavy atom. The molecule has 1 atom stereocenters. The van der Waals surface area contributed by atoms with E-state index in [1.165, 1.54) is 6.08 Å². The molecule has 0 fully saturated rings. The van der Waals surface area contributed by atoms with Crippen LogP contribution in [0.5, 0.6) is 0 Å². The van der Waals surface area contributed by atoms with E-state index in [4.69, 9.17) is 0 Å². The van der Waals surface area contributed by atoms with E-state index in [-0.39, 0.29) is 6.42 Å². The minimum absolute atomic E-state index is 0.0792. The lowest BCUT2D eigenvalue weighted by molar-refractivity contribution is -0.169. The van der Waals surface area contributed by atoms with Gasteiger partial charge in [-0.15, -0.1) is 0 Å². The van der Waals surface area contributed by atoms with Crippen molar-refractivity contribution in [3.63, 3.8) is 0 Å². The molecule has 0 saturated carbocycles. The van der Waals surface area contributed by atoms with Crippen molar-refractivity contribution < 1.29 is 18.0 Å². The van der Waals surface area contributed by atoms with Gasteiger partial charge in [0.1, 0.15) is 5.92 Å². The number of hydrogen-bond acceptors (Lipinski definition) is 1. The van der Waals surface area contributed by atoms with E-state index in [0.29, 0.717) is 0 Å². The maximum atomic E-state index is 11.7. The molecule has 0 spiro atoms. The molecule has 0 N–H and O–H groups in total. The molecule has 1 rings (SSSR count). The van der Waals surface area contributed by atoms with Crippen LogP contribution in [0.25, 0.3) is 0 Å². The van der Waals surface area contributed by atoms with Crippen LogP contribution in [0.4, 0.5) is 13.2 Å².